The van der Waals surface area contributed by atoms with Gasteiger partial charge in [0.05, 0.1) is 6.10 Å². The molecule has 0 spiro atoms. The molecule has 0 unspecified atom stereocenters. The third-order valence-corrected chi connectivity index (χ3v) is 3.02. The second-order valence-corrected chi connectivity index (χ2v) is 4.15. The molecule has 2 atom stereocenters. The van der Waals surface area contributed by atoms with Gasteiger partial charge < -0.3 is 21.1 Å². The van der Waals surface area contributed by atoms with Crippen molar-refractivity contribution >= 4 is 5.91 Å². The second-order valence-electron chi connectivity index (χ2n) is 4.15. The number of hydrogen-bond donors (Lipinski definition) is 3. The highest BCUT2D eigenvalue weighted by Gasteiger charge is 2.27. The van der Waals surface area contributed by atoms with Gasteiger partial charge in [-0.25, -0.2) is 0 Å². The molecule has 0 bridgehead atoms. The van der Waals surface area contributed by atoms with Gasteiger partial charge in [0.2, 0.25) is 5.91 Å². The summed E-state index contributed by atoms with van der Waals surface area (Å²) in [7, 11) is 1.93. The third-order valence-electron chi connectivity index (χ3n) is 3.02. The summed E-state index contributed by atoms with van der Waals surface area (Å²) >= 11 is 0. The van der Waals surface area contributed by atoms with Crippen LogP contribution >= 0.6 is 0 Å². The number of carbonyl (C=O) groups excluding carboxylic acids is 1. The van der Waals surface area contributed by atoms with Gasteiger partial charge in [-0.15, -0.1) is 0 Å². The van der Waals surface area contributed by atoms with Gasteiger partial charge in [0, 0.05) is 19.1 Å². The summed E-state index contributed by atoms with van der Waals surface area (Å²) in [6, 6.07) is -0.284. The van der Waals surface area contributed by atoms with Crippen molar-refractivity contribution in [1.29, 1.82) is 0 Å². The van der Waals surface area contributed by atoms with Crippen molar-refractivity contribution in [3.8, 4) is 0 Å². The number of likely N-dealkylation sites (tertiary alicyclic amines) is 1. The van der Waals surface area contributed by atoms with E-state index in [2.05, 4.69) is 5.32 Å². The molecule has 88 valence electrons. The molecule has 5 nitrogen and oxygen atoms in total. The van der Waals surface area contributed by atoms with E-state index < -0.39 is 12.1 Å². The van der Waals surface area contributed by atoms with Crippen LogP contribution in [0.2, 0.25) is 0 Å². The predicted molar refractivity (Wildman–Crippen MR) is 58.3 cm³/mol. The number of carbonyl (C=O) groups is 1. The SMILES string of the molecule is CNC1CCN(C(=O)[C@@H](N)[C@@H](C)O)CC1. The van der Waals surface area contributed by atoms with Crippen molar-refractivity contribution in [1.82, 2.24) is 10.2 Å². The Labute approximate surface area is 90.6 Å². The molecular weight excluding hydrogens is 194 g/mol. The molecule has 1 heterocycles. The molecule has 1 saturated heterocycles. The van der Waals surface area contributed by atoms with E-state index in [0.717, 1.165) is 25.9 Å². The molecule has 0 aromatic rings. The van der Waals surface area contributed by atoms with Gasteiger partial charge in [-0.1, -0.05) is 0 Å². The van der Waals surface area contributed by atoms with Crippen LogP contribution in [0.3, 0.4) is 0 Å². The van der Waals surface area contributed by atoms with Crippen molar-refractivity contribution in [2.75, 3.05) is 20.1 Å². The van der Waals surface area contributed by atoms with Crippen LogP contribution in [0.1, 0.15) is 19.8 Å². The molecule has 1 rings (SSSR count). The van der Waals surface area contributed by atoms with E-state index in [1.54, 1.807) is 11.8 Å². The van der Waals surface area contributed by atoms with Crippen LogP contribution < -0.4 is 11.1 Å². The fourth-order valence-electron chi connectivity index (χ4n) is 1.81. The van der Waals surface area contributed by atoms with Gasteiger partial charge in [0.15, 0.2) is 0 Å². The topological polar surface area (TPSA) is 78.6 Å². The largest absolute Gasteiger partial charge is 0.391 e. The molecule has 5 heteroatoms. The Morgan fingerprint density at radius 2 is 2.07 bits per heavy atom. The monoisotopic (exact) mass is 215 g/mol. The van der Waals surface area contributed by atoms with Crippen LogP contribution in [0.25, 0.3) is 0 Å². The number of amides is 1. The van der Waals surface area contributed by atoms with Gasteiger partial charge in [-0.3, -0.25) is 4.79 Å². The molecule has 1 fully saturated rings. The van der Waals surface area contributed by atoms with Gasteiger partial charge in [-0.2, -0.15) is 0 Å². The maximum atomic E-state index is 11.8. The van der Waals surface area contributed by atoms with Gasteiger partial charge in [0.1, 0.15) is 6.04 Å². The van der Waals surface area contributed by atoms with Crippen LogP contribution in [-0.4, -0.2) is 54.2 Å². The van der Waals surface area contributed by atoms with E-state index in [9.17, 15) is 9.90 Å². The molecular formula is C10H21N3O2. The average molecular weight is 215 g/mol. The van der Waals surface area contributed by atoms with Crippen LogP contribution in [-0.2, 0) is 4.79 Å². The Balaban J connectivity index is 2.42. The quantitative estimate of drug-likeness (QED) is 0.559. The summed E-state index contributed by atoms with van der Waals surface area (Å²) in [6.07, 6.45) is 1.13. The van der Waals surface area contributed by atoms with Gasteiger partial charge >= 0.3 is 0 Å². The Hall–Kier alpha value is -0.650. The Morgan fingerprint density at radius 1 is 1.53 bits per heavy atom. The molecule has 15 heavy (non-hydrogen) atoms. The first-order valence-electron chi connectivity index (χ1n) is 5.46. The van der Waals surface area contributed by atoms with Crippen LogP contribution in [0.5, 0.6) is 0 Å². The lowest BCUT2D eigenvalue weighted by Gasteiger charge is -2.33. The fourth-order valence-corrected chi connectivity index (χ4v) is 1.81. The summed E-state index contributed by atoms with van der Waals surface area (Å²) in [6.45, 7) is 3.00. The average Bonchev–Trinajstić information content (AvgIpc) is 2.27. The number of nitrogens with one attached hydrogen (secondary N) is 1. The smallest absolute Gasteiger partial charge is 0.242 e. The lowest BCUT2D eigenvalue weighted by molar-refractivity contribution is -0.135. The number of rotatable bonds is 3. The number of hydrogen-bond acceptors (Lipinski definition) is 4. The maximum Gasteiger partial charge on any atom is 0.242 e. The highest BCUT2D eigenvalue weighted by Crippen LogP contribution is 2.11. The van der Waals surface area contributed by atoms with Crippen molar-refractivity contribution in [3.05, 3.63) is 0 Å². The van der Waals surface area contributed by atoms with E-state index in [-0.39, 0.29) is 5.91 Å². The van der Waals surface area contributed by atoms with Gasteiger partial charge in [0.25, 0.3) is 0 Å². The zero-order chi connectivity index (χ0) is 11.4. The first-order valence-corrected chi connectivity index (χ1v) is 5.46. The third kappa shape index (κ3) is 3.15. The van der Waals surface area contributed by atoms with Gasteiger partial charge in [-0.05, 0) is 26.8 Å². The van der Waals surface area contributed by atoms with Crippen LogP contribution in [0.4, 0.5) is 0 Å². The highest BCUT2D eigenvalue weighted by molar-refractivity contribution is 5.82. The van der Waals surface area contributed by atoms with E-state index in [1.165, 1.54) is 0 Å². The fraction of sp³-hybridized carbons (Fsp3) is 0.900. The maximum absolute atomic E-state index is 11.8. The summed E-state index contributed by atoms with van der Waals surface area (Å²) < 4.78 is 0. The number of nitrogens with zero attached hydrogens (tertiary/aromatic N) is 1. The van der Waals surface area contributed by atoms with Crippen molar-refractivity contribution in [2.24, 2.45) is 5.73 Å². The van der Waals surface area contributed by atoms with Crippen LogP contribution in [0.15, 0.2) is 0 Å². The minimum atomic E-state index is -0.781. The minimum absolute atomic E-state index is 0.139. The van der Waals surface area contributed by atoms with Crippen molar-refractivity contribution in [3.63, 3.8) is 0 Å². The Morgan fingerprint density at radius 3 is 2.47 bits per heavy atom. The van der Waals surface area contributed by atoms with Crippen LogP contribution in [0, 0.1) is 0 Å². The first-order chi connectivity index (χ1) is 7.06. The van der Waals surface area contributed by atoms with Crippen molar-refractivity contribution < 1.29 is 9.90 Å². The zero-order valence-corrected chi connectivity index (χ0v) is 9.44. The molecule has 1 aliphatic heterocycles. The lowest BCUT2D eigenvalue weighted by Crippen LogP contribution is -2.53. The predicted octanol–water partition coefficient (Wildman–Crippen LogP) is -1.10. The lowest BCUT2D eigenvalue weighted by atomic mass is 10.0. The molecule has 0 aromatic heterocycles. The van der Waals surface area contributed by atoms with E-state index >= 15 is 0 Å². The van der Waals surface area contributed by atoms with E-state index in [0.29, 0.717) is 6.04 Å². The summed E-state index contributed by atoms with van der Waals surface area (Å²) in [5.74, 6) is -0.139. The molecule has 4 N–H and O–H groups in total. The number of aliphatic hydroxyl groups is 1. The molecule has 1 amide bonds. The number of aliphatic hydroxyl groups excluding tert-OH is 1. The molecule has 0 aliphatic carbocycles. The Kier molecular flexibility index (Phi) is 4.50. The highest BCUT2D eigenvalue weighted by atomic mass is 16.3. The molecule has 0 saturated carbocycles. The molecule has 1 aliphatic rings. The zero-order valence-electron chi connectivity index (χ0n) is 9.44. The number of nitrogens with two attached hydrogens (primary N) is 1. The summed E-state index contributed by atoms with van der Waals surface area (Å²) in [5.41, 5.74) is 5.60. The Bertz CT molecular complexity index is 213. The summed E-state index contributed by atoms with van der Waals surface area (Å²) in [5, 5.41) is 12.4. The second kappa shape index (κ2) is 5.44. The molecule has 0 radical (unpaired) electrons. The minimum Gasteiger partial charge on any atom is -0.391 e. The number of piperidine rings is 1. The standard InChI is InChI=1S/C10H21N3O2/c1-7(14)9(11)10(15)13-5-3-8(12-2)4-6-13/h7-9,12,14H,3-6,11H2,1-2H3/t7-,9+/m1/s1. The van der Waals surface area contributed by atoms with E-state index in [4.69, 9.17) is 5.73 Å². The van der Waals surface area contributed by atoms with Crippen molar-refractivity contribution in [2.45, 2.75) is 38.0 Å². The summed E-state index contributed by atoms with van der Waals surface area (Å²) in [4.78, 5) is 13.5. The molecule has 0 aromatic carbocycles. The first kappa shape index (κ1) is 12.4. The normalized spacial score (nSPS) is 22.5. The van der Waals surface area contributed by atoms with E-state index in [1.807, 2.05) is 7.05 Å².